The molecule has 0 unspecified atom stereocenters. The van der Waals surface area contributed by atoms with E-state index in [4.69, 9.17) is 4.74 Å². The summed E-state index contributed by atoms with van der Waals surface area (Å²) >= 11 is 0. The van der Waals surface area contributed by atoms with E-state index in [1.165, 1.54) is 7.11 Å². The minimum absolute atomic E-state index is 0.458. The molecule has 1 heterocycles. The van der Waals surface area contributed by atoms with Gasteiger partial charge in [-0.05, 0) is 37.1 Å². The van der Waals surface area contributed by atoms with E-state index in [-0.39, 0.29) is 0 Å². The van der Waals surface area contributed by atoms with Gasteiger partial charge in [0.1, 0.15) is 0 Å². The fourth-order valence-corrected chi connectivity index (χ4v) is 1.90. The number of ether oxygens (including phenoxy) is 2. The van der Waals surface area contributed by atoms with E-state index in [2.05, 4.69) is 15.4 Å². The molecule has 0 radical (unpaired) electrons. The van der Waals surface area contributed by atoms with Gasteiger partial charge in [0, 0.05) is 30.6 Å². The van der Waals surface area contributed by atoms with Crippen LogP contribution in [0.4, 0.5) is 16.2 Å². The molecule has 5 nitrogen and oxygen atoms in total. The number of carbonyl (C=O) groups is 1. The molecule has 2 rings (SSSR count). The lowest BCUT2D eigenvalue weighted by atomic mass is 10.1. The zero-order valence-corrected chi connectivity index (χ0v) is 10.4. The second-order valence-electron chi connectivity index (χ2n) is 4.22. The van der Waals surface area contributed by atoms with Crippen LogP contribution in [-0.4, -0.2) is 32.5 Å². The maximum Gasteiger partial charge on any atom is 0.411 e. The van der Waals surface area contributed by atoms with Crippen LogP contribution in [0.2, 0.25) is 0 Å². The predicted molar refractivity (Wildman–Crippen MR) is 69.9 cm³/mol. The first kappa shape index (κ1) is 12.7. The van der Waals surface area contributed by atoms with Gasteiger partial charge in [-0.3, -0.25) is 5.32 Å². The molecule has 0 aliphatic carbocycles. The van der Waals surface area contributed by atoms with E-state index in [1.54, 1.807) is 0 Å². The molecule has 0 aromatic heterocycles. The lowest BCUT2D eigenvalue weighted by Crippen LogP contribution is -2.27. The molecule has 0 spiro atoms. The van der Waals surface area contributed by atoms with Gasteiger partial charge in [-0.15, -0.1) is 0 Å². The van der Waals surface area contributed by atoms with Crippen LogP contribution in [0.5, 0.6) is 0 Å². The first-order valence-corrected chi connectivity index (χ1v) is 6.07. The summed E-state index contributed by atoms with van der Waals surface area (Å²) in [6, 6.07) is 8.05. The fourth-order valence-electron chi connectivity index (χ4n) is 1.90. The van der Waals surface area contributed by atoms with Crippen LogP contribution in [0.3, 0.4) is 0 Å². The van der Waals surface area contributed by atoms with Gasteiger partial charge in [-0.1, -0.05) is 0 Å². The van der Waals surface area contributed by atoms with E-state index in [0.29, 0.717) is 6.04 Å². The lowest BCUT2D eigenvalue weighted by Gasteiger charge is -2.24. The first-order chi connectivity index (χ1) is 8.78. The Kier molecular flexibility index (Phi) is 4.41. The number of rotatable bonds is 3. The van der Waals surface area contributed by atoms with E-state index in [9.17, 15) is 4.79 Å². The Morgan fingerprint density at radius 2 is 1.83 bits per heavy atom. The topological polar surface area (TPSA) is 59.6 Å². The molecule has 2 N–H and O–H groups in total. The summed E-state index contributed by atoms with van der Waals surface area (Å²) in [7, 11) is 1.34. The van der Waals surface area contributed by atoms with Crippen molar-refractivity contribution in [2.24, 2.45) is 0 Å². The third-order valence-electron chi connectivity index (χ3n) is 2.91. The standard InChI is InChI=1S/C13H18N2O3/c1-17-13(16)15-11-4-2-10(3-5-11)14-12-6-8-18-9-7-12/h2-5,12,14H,6-9H2,1H3,(H,15,16). The molecule has 18 heavy (non-hydrogen) atoms. The van der Waals surface area contributed by atoms with Crippen LogP contribution in [0.1, 0.15) is 12.8 Å². The monoisotopic (exact) mass is 250 g/mol. The summed E-state index contributed by atoms with van der Waals surface area (Å²) in [6.45, 7) is 1.64. The molecule has 1 aromatic carbocycles. The highest BCUT2D eigenvalue weighted by molar-refractivity contribution is 5.84. The highest BCUT2D eigenvalue weighted by Crippen LogP contribution is 2.17. The zero-order chi connectivity index (χ0) is 12.8. The number of carbonyl (C=O) groups excluding carboxylic acids is 1. The first-order valence-electron chi connectivity index (χ1n) is 6.07. The van der Waals surface area contributed by atoms with Crippen LogP contribution in [0.15, 0.2) is 24.3 Å². The van der Waals surface area contributed by atoms with Crippen molar-refractivity contribution in [1.82, 2.24) is 0 Å². The summed E-state index contributed by atoms with van der Waals surface area (Å²) in [6.07, 6.45) is 1.60. The number of nitrogens with one attached hydrogen (secondary N) is 2. The Morgan fingerprint density at radius 1 is 1.22 bits per heavy atom. The summed E-state index contributed by atoms with van der Waals surface area (Å²) in [5.41, 5.74) is 1.77. The van der Waals surface area contributed by atoms with E-state index < -0.39 is 6.09 Å². The molecule has 98 valence electrons. The van der Waals surface area contributed by atoms with Crippen molar-refractivity contribution in [3.63, 3.8) is 0 Å². The van der Waals surface area contributed by atoms with Crippen LogP contribution >= 0.6 is 0 Å². The van der Waals surface area contributed by atoms with Crippen molar-refractivity contribution in [2.45, 2.75) is 18.9 Å². The van der Waals surface area contributed by atoms with Crippen LogP contribution < -0.4 is 10.6 Å². The quantitative estimate of drug-likeness (QED) is 0.865. The Balaban J connectivity index is 1.88. The normalized spacial score (nSPS) is 16.1. The van der Waals surface area contributed by atoms with Crippen molar-refractivity contribution in [3.8, 4) is 0 Å². The number of amides is 1. The third-order valence-corrected chi connectivity index (χ3v) is 2.91. The fraction of sp³-hybridized carbons (Fsp3) is 0.462. The largest absolute Gasteiger partial charge is 0.453 e. The SMILES string of the molecule is COC(=O)Nc1ccc(NC2CCOCC2)cc1. The molecule has 1 saturated heterocycles. The molecule has 1 fully saturated rings. The Labute approximate surface area is 106 Å². The molecular formula is C13H18N2O3. The minimum atomic E-state index is -0.458. The average Bonchev–Trinajstić information content (AvgIpc) is 2.42. The van der Waals surface area contributed by atoms with Crippen molar-refractivity contribution in [2.75, 3.05) is 31.0 Å². The molecule has 0 saturated carbocycles. The number of hydrogen-bond acceptors (Lipinski definition) is 4. The molecule has 1 aromatic rings. The second-order valence-corrected chi connectivity index (χ2v) is 4.22. The van der Waals surface area contributed by atoms with E-state index in [1.807, 2.05) is 24.3 Å². The smallest absolute Gasteiger partial charge is 0.411 e. The molecule has 1 amide bonds. The van der Waals surface area contributed by atoms with E-state index >= 15 is 0 Å². The van der Waals surface area contributed by atoms with Crippen LogP contribution in [-0.2, 0) is 9.47 Å². The van der Waals surface area contributed by atoms with E-state index in [0.717, 1.165) is 37.4 Å². The van der Waals surface area contributed by atoms with Gasteiger partial charge in [-0.25, -0.2) is 4.79 Å². The number of benzene rings is 1. The number of methoxy groups -OCH3 is 1. The molecule has 0 bridgehead atoms. The summed E-state index contributed by atoms with van der Waals surface area (Å²) in [5.74, 6) is 0. The lowest BCUT2D eigenvalue weighted by molar-refractivity contribution is 0.0904. The Bertz CT molecular complexity index is 386. The summed E-state index contributed by atoms with van der Waals surface area (Å²) < 4.78 is 9.84. The summed E-state index contributed by atoms with van der Waals surface area (Å²) in [5, 5.41) is 6.06. The van der Waals surface area contributed by atoms with Gasteiger partial charge < -0.3 is 14.8 Å². The highest BCUT2D eigenvalue weighted by Gasteiger charge is 2.13. The average molecular weight is 250 g/mol. The van der Waals surface area contributed by atoms with Crippen LogP contribution in [0.25, 0.3) is 0 Å². The Morgan fingerprint density at radius 3 is 2.44 bits per heavy atom. The molecular weight excluding hydrogens is 232 g/mol. The number of hydrogen-bond donors (Lipinski definition) is 2. The van der Waals surface area contributed by atoms with Gasteiger partial charge >= 0.3 is 6.09 Å². The molecule has 1 aliphatic heterocycles. The third kappa shape index (κ3) is 3.63. The van der Waals surface area contributed by atoms with Gasteiger partial charge in [-0.2, -0.15) is 0 Å². The van der Waals surface area contributed by atoms with Crippen LogP contribution in [0, 0.1) is 0 Å². The molecule has 5 heteroatoms. The highest BCUT2D eigenvalue weighted by atomic mass is 16.5. The van der Waals surface area contributed by atoms with Gasteiger partial charge in [0.05, 0.1) is 7.11 Å². The maximum absolute atomic E-state index is 11.0. The zero-order valence-electron chi connectivity index (χ0n) is 10.4. The maximum atomic E-state index is 11.0. The number of anilines is 2. The predicted octanol–water partition coefficient (Wildman–Crippen LogP) is 2.46. The van der Waals surface area contributed by atoms with Gasteiger partial charge in [0.25, 0.3) is 0 Å². The second kappa shape index (κ2) is 6.26. The Hall–Kier alpha value is -1.75. The molecule has 1 aliphatic rings. The molecule has 0 atom stereocenters. The van der Waals surface area contributed by atoms with Gasteiger partial charge in [0.2, 0.25) is 0 Å². The van der Waals surface area contributed by atoms with Crippen molar-refractivity contribution < 1.29 is 14.3 Å². The van der Waals surface area contributed by atoms with Crippen molar-refractivity contribution in [1.29, 1.82) is 0 Å². The minimum Gasteiger partial charge on any atom is -0.453 e. The summed E-state index contributed by atoms with van der Waals surface area (Å²) in [4.78, 5) is 11.0. The van der Waals surface area contributed by atoms with Gasteiger partial charge in [0.15, 0.2) is 0 Å². The van der Waals surface area contributed by atoms with Crippen molar-refractivity contribution in [3.05, 3.63) is 24.3 Å². The van der Waals surface area contributed by atoms with Crippen molar-refractivity contribution >= 4 is 17.5 Å².